The van der Waals surface area contributed by atoms with Crippen molar-refractivity contribution in [3.63, 3.8) is 0 Å². The van der Waals surface area contributed by atoms with Gasteiger partial charge < -0.3 is 0 Å². The highest BCUT2D eigenvalue weighted by Crippen LogP contribution is 2.39. The van der Waals surface area contributed by atoms with Crippen LogP contribution in [0.2, 0.25) is 0 Å². The molecule has 0 saturated carbocycles. The first-order chi connectivity index (χ1) is 10.7. The summed E-state index contributed by atoms with van der Waals surface area (Å²) in [6.45, 7) is 2.09. The van der Waals surface area contributed by atoms with Crippen LogP contribution in [0.1, 0.15) is 15.9 Å². The van der Waals surface area contributed by atoms with Gasteiger partial charge in [-0.3, -0.25) is 4.79 Å². The van der Waals surface area contributed by atoms with E-state index >= 15 is 0 Å². The van der Waals surface area contributed by atoms with Gasteiger partial charge in [0.2, 0.25) is 5.38 Å². The summed E-state index contributed by atoms with van der Waals surface area (Å²) in [5.74, 6) is 0.662. The average molecular weight is 344 g/mol. The Morgan fingerprint density at radius 3 is 2.55 bits per heavy atom. The first kappa shape index (κ1) is 15.4. The fraction of sp³-hybridized carbons (Fsp3) is 0.111. The summed E-state index contributed by atoms with van der Waals surface area (Å²) in [4.78, 5) is 12.2. The molecule has 4 heteroatoms. The van der Waals surface area contributed by atoms with Gasteiger partial charge in [-0.1, -0.05) is 60.2 Å². The predicted molar refractivity (Wildman–Crippen MR) is 98.3 cm³/mol. The molecule has 3 rings (SSSR count). The minimum absolute atomic E-state index is 0.179. The zero-order chi connectivity index (χ0) is 15.4. The monoisotopic (exact) mass is 343 g/mol. The van der Waals surface area contributed by atoms with Gasteiger partial charge in [0.25, 0.3) is 10.3 Å². The molecule has 0 bridgehead atoms. The number of hydrogen-bond donors (Lipinski definition) is 0. The maximum atomic E-state index is 12.2. The van der Waals surface area contributed by atoms with Gasteiger partial charge in [0.15, 0.2) is 16.1 Å². The second-order valence-electron chi connectivity index (χ2n) is 4.94. The van der Waals surface area contributed by atoms with E-state index in [0.717, 1.165) is 5.56 Å². The van der Waals surface area contributed by atoms with E-state index in [1.165, 1.54) is 20.9 Å². The topological polar surface area (TPSA) is 17.1 Å². The maximum absolute atomic E-state index is 12.2. The third-order valence-electron chi connectivity index (χ3n) is 3.30. The van der Waals surface area contributed by atoms with Crippen LogP contribution in [0.4, 0.5) is 0 Å². The van der Waals surface area contributed by atoms with E-state index in [1.807, 2.05) is 30.3 Å². The fourth-order valence-corrected chi connectivity index (χ4v) is 5.85. The van der Waals surface area contributed by atoms with Crippen molar-refractivity contribution in [1.82, 2.24) is 0 Å². The van der Waals surface area contributed by atoms with Crippen molar-refractivity contribution in [2.24, 2.45) is 0 Å². The van der Waals surface area contributed by atoms with Gasteiger partial charge in [-0.15, -0.1) is 11.8 Å². The minimum atomic E-state index is 0.179. The number of aryl methyl sites for hydroxylation is 1. The lowest BCUT2D eigenvalue weighted by molar-refractivity contribution is 0.102. The van der Waals surface area contributed by atoms with E-state index in [0.29, 0.717) is 5.75 Å². The Morgan fingerprint density at radius 1 is 1.09 bits per heavy atom. The largest absolute Gasteiger partial charge is 0.293 e. The van der Waals surface area contributed by atoms with Crippen molar-refractivity contribution < 1.29 is 4.79 Å². The standard InChI is InChI=1S/C18H15OS3/c1-13-7-9-14(10-8-13)16-11-21-22-18(16)20-12-17(19)15-5-3-2-4-6-15/h2-11H,12H2,1H3/q+1. The van der Waals surface area contributed by atoms with Crippen LogP contribution in [0.15, 0.2) is 64.2 Å². The van der Waals surface area contributed by atoms with Crippen LogP contribution in [0, 0.1) is 6.92 Å². The third-order valence-corrected chi connectivity index (χ3v) is 6.99. The van der Waals surface area contributed by atoms with Crippen molar-refractivity contribution in [3.8, 4) is 11.1 Å². The van der Waals surface area contributed by atoms with E-state index in [1.54, 1.807) is 32.4 Å². The molecule has 1 aromatic heterocycles. The number of Topliss-reactive ketones (excluding diaryl/α,β-unsaturated/α-hetero) is 1. The SMILES string of the molecule is Cc1ccc(-c2c[s+]sc2SCC(=O)c2ccccc2)cc1. The van der Waals surface area contributed by atoms with E-state index in [9.17, 15) is 4.79 Å². The minimum Gasteiger partial charge on any atom is -0.293 e. The highest BCUT2D eigenvalue weighted by Gasteiger charge is 2.17. The molecule has 110 valence electrons. The van der Waals surface area contributed by atoms with Crippen LogP contribution in [0.3, 0.4) is 0 Å². The molecule has 0 aliphatic carbocycles. The number of thioether (sulfide) groups is 1. The summed E-state index contributed by atoms with van der Waals surface area (Å²) in [6.07, 6.45) is 0. The molecule has 0 unspecified atom stereocenters. The molecule has 0 spiro atoms. The van der Waals surface area contributed by atoms with E-state index in [-0.39, 0.29) is 5.78 Å². The third kappa shape index (κ3) is 3.64. The van der Waals surface area contributed by atoms with E-state index in [4.69, 9.17) is 0 Å². The van der Waals surface area contributed by atoms with E-state index < -0.39 is 0 Å². The molecule has 1 heterocycles. The Labute approximate surface area is 142 Å². The van der Waals surface area contributed by atoms with Gasteiger partial charge in [0.1, 0.15) is 4.21 Å². The number of carbonyl (C=O) groups excluding carboxylic acids is 1. The molecule has 22 heavy (non-hydrogen) atoms. The molecule has 0 saturated heterocycles. The molecule has 0 fully saturated rings. The normalized spacial score (nSPS) is 10.6. The van der Waals surface area contributed by atoms with Gasteiger partial charge in [-0.25, -0.2) is 0 Å². The Morgan fingerprint density at radius 2 is 1.82 bits per heavy atom. The molecule has 0 N–H and O–H groups in total. The van der Waals surface area contributed by atoms with Crippen LogP contribution in [0.25, 0.3) is 11.1 Å². The summed E-state index contributed by atoms with van der Waals surface area (Å²) >= 11 is 1.64. The molecule has 0 aliphatic heterocycles. The highest BCUT2D eigenvalue weighted by atomic mass is 32.9. The van der Waals surface area contributed by atoms with Gasteiger partial charge >= 0.3 is 0 Å². The summed E-state index contributed by atoms with van der Waals surface area (Å²) in [7, 11) is 3.46. The number of benzene rings is 2. The molecule has 1 nitrogen and oxygen atoms in total. The van der Waals surface area contributed by atoms with E-state index in [2.05, 4.69) is 36.6 Å². The van der Waals surface area contributed by atoms with Crippen molar-refractivity contribution in [1.29, 1.82) is 0 Å². The lowest BCUT2D eigenvalue weighted by Gasteiger charge is -2.02. The van der Waals surface area contributed by atoms with Crippen molar-refractivity contribution in [2.75, 3.05) is 5.75 Å². The first-order valence-electron chi connectivity index (χ1n) is 6.93. The van der Waals surface area contributed by atoms with Gasteiger partial charge in [-0.2, -0.15) is 0 Å². The Balaban J connectivity index is 1.73. The zero-order valence-electron chi connectivity index (χ0n) is 12.1. The molecule has 0 aliphatic rings. The first-order valence-corrected chi connectivity index (χ1v) is 10.1. The number of hydrogen-bond acceptors (Lipinski definition) is 3. The molecular weight excluding hydrogens is 328 g/mol. The second kappa shape index (κ2) is 7.18. The average Bonchev–Trinajstić information content (AvgIpc) is 3.02. The van der Waals surface area contributed by atoms with Crippen LogP contribution in [-0.2, 0) is 0 Å². The van der Waals surface area contributed by atoms with Gasteiger partial charge in [-0.05, 0) is 12.5 Å². The van der Waals surface area contributed by atoms with Crippen molar-refractivity contribution in [2.45, 2.75) is 11.1 Å². The number of ketones is 1. The van der Waals surface area contributed by atoms with Crippen molar-refractivity contribution >= 4 is 38.2 Å². The van der Waals surface area contributed by atoms with Crippen LogP contribution in [0.5, 0.6) is 0 Å². The lowest BCUT2D eigenvalue weighted by atomic mass is 10.1. The summed E-state index contributed by atoms with van der Waals surface area (Å²) < 4.78 is 1.22. The number of carbonyl (C=O) groups is 1. The van der Waals surface area contributed by atoms with Crippen LogP contribution < -0.4 is 0 Å². The predicted octanol–water partition coefficient (Wildman–Crippen LogP) is 6.04. The lowest BCUT2D eigenvalue weighted by Crippen LogP contribution is -2.01. The number of rotatable bonds is 5. The summed E-state index contributed by atoms with van der Waals surface area (Å²) in [5, 5.41) is 2.17. The van der Waals surface area contributed by atoms with Gasteiger partial charge in [0.05, 0.1) is 11.3 Å². The van der Waals surface area contributed by atoms with Crippen molar-refractivity contribution in [3.05, 3.63) is 71.1 Å². The Bertz CT molecular complexity index is 761. The molecule has 0 amide bonds. The quantitative estimate of drug-likeness (QED) is 0.243. The summed E-state index contributed by atoms with van der Waals surface area (Å²) in [5.41, 5.74) is 4.50. The van der Waals surface area contributed by atoms with Crippen LogP contribution >= 0.6 is 32.4 Å². The van der Waals surface area contributed by atoms with Crippen LogP contribution in [-0.4, -0.2) is 11.5 Å². The second-order valence-corrected chi connectivity index (χ2v) is 8.27. The molecule has 2 aromatic carbocycles. The fourth-order valence-electron chi connectivity index (χ4n) is 2.07. The van der Waals surface area contributed by atoms with Gasteiger partial charge in [0, 0.05) is 5.56 Å². The highest BCUT2D eigenvalue weighted by molar-refractivity contribution is 8.03. The molecule has 0 atom stereocenters. The Hall–Kier alpha value is -1.49. The maximum Gasteiger partial charge on any atom is 0.293 e. The molecule has 0 radical (unpaired) electrons. The zero-order valence-corrected chi connectivity index (χ0v) is 14.6. The smallest absolute Gasteiger partial charge is 0.293 e. The molecular formula is C18H15OS3+. The summed E-state index contributed by atoms with van der Waals surface area (Å²) in [6, 6.07) is 18.0. The Kier molecular flexibility index (Phi) is 5.03. The molecule has 3 aromatic rings.